The predicted molar refractivity (Wildman–Crippen MR) is 215 cm³/mol. The summed E-state index contributed by atoms with van der Waals surface area (Å²) in [6.07, 6.45) is 1.85. The van der Waals surface area contributed by atoms with E-state index in [1.807, 2.05) is 12.3 Å². The van der Waals surface area contributed by atoms with Gasteiger partial charge in [0.2, 0.25) is 0 Å². The zero-order valence-electron chi connectivity index (χ0n) is 27.6. The van der Waals surface area contributed by atoms with E-state index in [9.17, 15) is 0 Å². The Morgan fingerprint density at radius 3 is 1.92 bits per heavy atom. The standard InChI is InChI=1S/C48H29N3/c1-2-10-30(11-3-1)33-23-26-44-40(28-33)38-15-6-7-17-43(38)51(44)45-18-8-16-39-36-14-5-4-13-35(36)37-24-21-34(29-41(37)46(39)45)42-25-22-32-20-19-31-12-9-27-49-47(31)48(32)50-42/h1-29H. The van der Waals surface area contributed by atoms with Crippen LogP contribution < -0.4 is 0 Å². The van der Waals surface area contributed by atoms with Gasteiger partial charge in [-0.15, -0.1) is 0 Å². The largest absolute Gasteiger partial charge is 0.309 e. The maximum Gasteiger partial charge on any atom is 0.0972 e. The molecule has 0 aliphatic heterocycles. The average Bonchev–Trinajstić information content (AvgIpc) is 3.54. The number of nitrogens with zero attached hydrogens (tertiary/aromatic N) is 3. The van der Waals surface area contributed by atoms with Crippen LogP contribution in [0.4, 0.5) is 0 Å². The minimum absolute atomic E-state index is 0.926. The molecule has 0 saturated carbocycles. The van der Waals surface area contributed by atoms with Crippen LogP contribution in [0.2, 0.25) is 0 Å². The first-order valence-electron chi connectivity index (χ1n) is 17.4. The van der Waals surface area contributed by atoms with Gasteiger partial charge < -0.3 is 4.57 Å². The number of para-hydroxylation sites is 1. The van der Waals surface area contributed by atoms with Crippen LogP contribution in [-0.2, 0) is 0 Å². The van der Waals surface area contributed by atoms with Gasteiger partial charge in [-0.05, 0) is 80.5 Å². The van der Waals surface area contributed by atoms with Crippen LogP contribution >= 0.6 is 0 Å². The van der Waals surface area contributed by atoms with Crippen LogP contribution in [0.5, 0.6) is 0 Å². The Kier molecular flexibility index (Phi) is 5.96. The van der Waals surface area contributed by atoms with Crippen molar-refractivity contribution in [2.24, 2.45) is 0 Å². The molecule has 0 N–H and O–H groups in total. The summed E-state index contributed by atoms with van der Waals surface area (Å²) in [6.45, 7) is 0. The van der Waals surface area contributed by atoms with Crippen molar-refractivity contribution >= 4 is 75.9 Å². The van der Waals surface area contributed by atoms with Crippen molar-refractivity contribution < 1.29 is 0 Å². The third-order valence-corrected chi connectivity index (χ3v) is 10.6. The maximum absolute atomic E-state index is 5.24. The predicted octanol–water partition coefficient (Wildman–Crippen LogP) is 12.7. The molecule has 3 aromatic heterocycles. The molecule has 0 fully saturated rings. The van der Waals surface area contributed by atoms with E-state index in [1.165, 1.54) is 70.9 Å². The van der Waals surface area contributed by atoms with Gasteiger partial charge in [0, 0.05) is 38.7 Å². The van der Waals surface area contributed by atoms with Crippen LogP contribution in [0.25, 0.3) is 104 Å². The summed E-state index contributed by atoms with van der Waals surface area (Å²) in [4.78, 5) is 9.96. The van der Waals surface area contributed by atoms with Gasteiger partial charge in [-0.3, -0.25) is 4.98 Å². The van der Waals surface area contributed by atoms with E-state index in [4.69, 9.17) is 9.97 Å². The van der Waals surface area contributed by atoms with Crippen molar-refractivity contribution in [2.45, 2.75) is 0 Å². The van der Waals surface area contributed by atoms with E-state index in [2.05, 4.69) is 168 Å². The Morgan fingerprint density at radius 2 is 1.04 bits per heavy atom. The van der Waals surface area contributed by atoms with E-state index in [-0.39, 0.29) is 0 Å². The molecule has 8 aromatic carbocycles. The third kappa shape index (κ3) is 4.19. The first kappa shape index (κ1) is 28.0. The quantitative estimate of drug-likeness (QED) is 0.179. The molecule has 51 heavy (non-hydrogen) atoms. The second-order valence-electron chi connectivity index (χ2n) is 13.4. The fraction of sp³-hybridized carbons (Fsp3) is 0. The molecule has 0 aliphatic carbocycles. The van der Waals surface area contributed by atoms with Gasteiger partial charge in [-0.1, -0.05) is 127 Å². The highest BCUT2D eigenvalue weighted by molar-refractivity contribution is 6.28. The van der Waals surface area contributed by atoms with Crippen LogP contribution in [0.1, 0.15) is 0 Å². The minimum Gasteiger partial charge on any atom is -0.309 e. The fourth-order valence-electron chi connectivity index (χ4n) is 8.26. The highest BCUT2D eigenvalue weighted by Gasteiger charge is 2.19. The summed E-state index contributed by atoms with van der Waals surface area (Å²) >= 11 is 0. The lowest BCUT2D eigenvalue weighted by Gasteiger charge is -2.17. The normalized spacial score (nSPS) is 11.9. The molecule has 0 radical (unpaired) electrons. The Labute approximate surface area is 293 Å². The lowest BCUT2D eigenvalue weighted by Crippen LogP contribution is -1.97. The van der Waals surface area contributed by atoms with Gasteiger partial charge >= 0.3 is 0 Å². The van der Waals surface area contributed by atoms with Crippen molar-refractivity contribution in [3.8, 4) is 28.1 Å². The molecule has 0 unspecified atom stereocenters. The Hall–Kier alpha value is -6.84. The van der Waals surface area contributed by atoms with Crippen molar-refractivity contribution in [3.05, 3.63) is 176 Å². The lowest BCUT2D eigenvalue weighted by atomic mass is 9.91. The molecule has 0 atom stereocenters. The van der Waals surface area contributed by atoms with E-state index >= 15 is 0 Å². The number of hydrogen-bond acceptors (Lipinski definition) is 2. The zero-order chi connectivity index (χ0) is 33.5. The van der Waals surface area contributed by atoms with Crippen LogP contribution in [-0.4, -0.2) is 14.5 Å². The Balaban J connectivity index is 1.23. The van der Waals surface area contributed by atoms with E-state index in [0.29, 0.717) is 0 Å². The van der Waals surface area contributed by atoms with Gasteiger partial charge in [-0.2, -0.15) is 0 Å². The number of rotatable bonds is 3. The number of aromatic nitrogens is 3. The van der Waals surface area contributed by atoms with Crippen LogP contribution in [0, 0.1) is 0 Å². The van der Waals surface area contributed by atoms with Crippen molar-refractivity contribution in [1.29, 1.82) is 0 Å². The summed E-state index contributed by atoms with van der Waals surface area (Å²) < 4.78 is 2.47. The van der Waals surface area contributed by atoms with E-state index in [1.54, 1.807) is 0 Å². The number of benzene rings is 8. The molecular weight excluding hydrogens is 619 g/mol. The molecular formula is C48H29N3. The average molecular weight is 648 g/mol. The molecule has 0 bridgehead atoms. The highest BCUT2D eigenvalue weighted by Crippen LogP contribution is 2.43. The van der Waals surface area contributed by atoms with Gasteiger partial charge in [0.05, 0.1) is 33.4 Å². The van der Waals surface area contributed by atoms with Gasteiger partial charge in [0.15, 0.2) is 0 Å². The summed E-state index contributed by atoms with van der Waals surface area (Å²) in [5.74, 6) is 0. The van der Waals surface area contributed by atoms with E-state index < -0.39 is 0 Å². The molecule has 3 heteroatoms. The van der Waals surface area contributed by atoms with Crippen LogP contribution in [0.15, 0.2) is 176 Å². The minimum atomic E-state index is 0.926. The molecule has 3 nitrogen and oxygen atoms in total. The summed E-state index contributed by atoms with van der Waals surface area (Å²) in [7, 11) is 0. The second-order valence-corrected chi connectivity index (χ2v) is 13.4. The maximum atomic E-state index is 5.24. The SMILES string of the molecule is c1ccc(-c2ccc3c(c2)c2ccccc2n3-c2cccc3c4ccccc4c4ccc(-c5ccc6ccc7cccnc7c6n5)cc4c23)cc1. The smallest absolute Gasteiger partial charge is 0.0972 e. The summed E-state index contributed by atoms with van der Waals surface area (Å²) in [5, 5.41) is 12.1. The monoisotopic (exact) mass is 647 g/mol. The molecule has 0 spiro atoms. The lowest BCUT2D eigenvalue weighted by molar-refractivity contribution is 1.20. The number of fused-ring (bicyclic) bond motifs is 12. The Bertz CT molecular complexity index is 3190. The van der Waals surface area contributed by atoms with Crippen molar-refractivity contribution in [2.75, 3.05) is 0 Å². The second kappa shape index (κ2) is 10.8. The molecule has 11 aromatic rings. The molecule has 11 rings (SSSR count). The number of hydrogen-bond donors (Lipinski definition) is 0. The van der Waals surface area contributed by atoms with Gasteiger partial charge in [-0.25, -0.2) is 4.98 Å². The zero-order valence-corrected chi connectivity index (χ0v) is 27.6. The van der Waals surface area contributed by atoms with Crippen LogP contribution in [0.3, 0.4) is 0 Å². The molecule has 236 valence electrons. The molecule has 0 saturated heterocycles. The van der Waals surface area contributed by atoms with E-state index in [0.717, 1.165) is 33.1 Å². The molecule has 0 aliphatic rings. The third-order valence-electron chi connectivity index (χ3n) is 10.6. The number of pyridine rings is 2. The first-order chi connectivity index (χ1) is 25.3. The first-order valence-corrected chi connectivity index (χ1v) is 17.4. The topological polar surface area (TPSA) is 30.7 Å². The van der Waals surface area contributed by atoms with Crippen molar-refractivity contribution in [3.63, 3.8) is 0 Å². The molecule has 3 heterocycles. The summed E-state index contributed by atoms with van der Waals surface area (Å²) in [5.41, 5.74) is 9.86. The highest BCUT2D eigenvalue weighted by atomic mass is 15.0. The summed E-state index contributed by atoms with van der Waals surface area (Å²) in [6, 6.07) is 61.4. The fourth-order valence-corrected chi connectivity index (χ4v) is 8.26. The van der Waals surface area contributed by atoms with Gasteiger partial charge in [0.1, 0.15) is 0 Å². The van der Waals surface area contributed by atoms with Gasteiger partial charge in [0.25, 0.3) is 0 Å². The Morgan fingerprint density at radius 1 is 0.373 bits per heavy atom. The molecule has 0 amide bonds. The van der Waals surface area contributed by atoms with Crippen molar-refractivity contribution in [1.82, 2.24) is 14.5 Å².